The van der Waals surface area contributed by atoms with Gasteiger partial charge in [-0.05, 0) is 30.2 Å². The molecule has 1 nitrogen and oxygen atoms in total. The second-order valence-corrected chi connectivity index (χ2v) is 4.19. The standard InChI is InChI=1S/C11H9BrClN/c1-7-4-11(13)14-10-5-8(6-12)2-3-9(7)10/h2-5H,6H2,1H3. The van der Waals surface area contributed by atoms with Crippen molar-refractivity contribution in [3.8, 4) is 0 Å². The summed E-state index contributed by atoms with van der Waals surface area (Å²) in [6.45, 7) is 2.05. The molecule has 1 heterocycles. The zero-order valence-electron chi connectivity index (χ0n) is 7.72. The van der Waals surface area contributed by atoms with Gasteiger partial charge in [0, 0.05) is 10.7 Å². The summed E-state index contributed by atoms with van der Waals surface area (Å²) in [6.07, 6.45) is 0. The first-order valence-electron chi connectivity index (χ1n) is 4.32. The summed E-state index contributed by atoms with van der Waals surface area (Å²) >= 11 is 9.32. The Labute approximate surface area is 96.2 Å². The van der Waals surface area contributed by atoms with Crippen molar-refractivity contribution in [2.75, 3.05) is 0 Å². The van der Waals surface area contributed by atoms with Crippen LogP contribution in [0.4, 0.5) is 0 Å². The second-order valence-electron chi connectivity index (χ2n) is 3.25. The topological polar surface area (TPSA) is 12.9 Å². The first-order valence-corrected chi connectivity index (χ1v) is 5.82. The molecule has 0 aliphatic heterocycles. The summed E-state index contributed by atoms with van der Waals surface area (Å²) in [5.74, 6) is 0. The van der Waals surface area contributed by atoms with Gasteiger partial charge in [0.1, 0.15) is 5.15 Å². The highest BCUT2D eigenvalue weighted by molar-refractivity contribution is 9.08. The lowest BCUT2D eigenvalue weighted by Crippen LogP contribution is -1.86. The molecule has 0 aliphatic rings. The van der Waals surface area contributed by atoms with Gasteiger partial charge in [0.2, 0.25) is 0 Å². The molecular formula is C11H9BrClN. The van der Waals surface area contributed by atoms with E-state index in [-0.39, 0.29) is 0 Å². The fourth-order valence-electron chi connectivity index (χ4n) is 1.49. The minimum Gasteiger partial charge on any atom is -0.236 e. The summed E-state index contributed by atoms with van der Waals surface area (Å²) < 4.78 is 0. The normalized spacial score (nSPS) is 10.8. The minimum atomic E-state index is 0.557. The van der Waals surface area contributed by atoms with Crippen LogP contribution in [-0.4, -0.2) is 4.98 Å². The van der Waals surface area contributed by atoms with Crippen molar-refractivity contribution in [2.45, 2.75) is 12.3 Å². The van der Waals surface area contributed by atoms with Gasteiger partial charge in [0.25, 0.3) is 0 Å². The first kappa shape index (κ1) is 9.94. The number of pyridine rings is 1. The van der Waals surface area contributed by atoms with Crippen molar-refractivity contribution in [2.24, 2.45) is 0 Å². The third-order valence-electron chi connectivity index (χ3n) is 2.20. The summed E-state index contributed by atoms with van der Waals surface area (Å²) in [4.78, 5) is 4.29. The van der Waals surface area contributed by atoms with E-state index in [0.29, 0.717) is 5.15 Å². The van der Waals surface area contributed by atoms with Crippen LogP contribution in [-0.2, 0) is 5.33 Å². The monoisotopic (exact) mass is 269 g/mol. The molecule has 2 aromatic rings. The zero-order chi connectivity index (χ0) is 10.1. The lowest BCUT2D eigenvalue weighted by atomic mass is 10.1. The maximum Gasteiger partial charge on any atom is 0.130 e. The molecule has 0 radical (unpaired) electrons. The van der Waals surface area contributed by atoms with E-state index in [9.17, 15) is 0 Å². The van der Waals surface area contributed by atoms with E-state index in [1.807, 2.05) is 13.0 Å². The molecule has 1 aromatic heterocycles. The van der Waals surface area contributed by atoms with Gasteiger partial charge < -0.3 is 0 Å². The van der Waals surface area contributed by atoms with E-state index in [0.717, 1.165) is 10.8 Å². The van der Waals surface area contributed by atoms with Gasteiger partial charge in [-0.3, -0.25) is 0 Å². The molecule has 0 saturated heterocycles. The number of benzene rings is 1. The third kappa shape index (κ3) is 1.77. The molecule has 1 aromatic carbocycles. The van der Waals surface area contributed by atoms with E-state index in [1.165, 1.54) is 16.5 Å². The molecule has 0 bridgehead atoms. The fourth-order valence-corrected chi connectivity index (χ4v) is 2.09. The van der Waals surface area contributed by atoms with E-state index < -0.39 is 0 Å². The molecule has 0 aliphatic carbocycles. The van der Waals surface area contributed by atoms with Crippen molar-refractivity contribution in [3.63, 3.8) is 0 Å². The Morgan fingerprint density at radius 1 is 1.36 bits per heavy atom. The van der Waals surface area contributed by atoms with Crippen LogP contribution < -0.4 is 0 Å². The maximum atomic E-state index is 5.90. The van der Waals surface area contributed by atoms with Crippen molar-refractivity contribution in [1.29, 1.82) is 0 Å². The average molecular weight is 271 g/mol. The highest BCUT2D eigenvalue weighted by Crippen LogP contribution is 2.22. The third-order valence-corrected chi connectivity index (χ3v) is 3.05. The molecule has 72 valence electrons. The molecular weight excluding hydrogens is 261 g/mol. The molecule has 0 N–H and O–H groups in total. The van der Waals surface area contributed by atoms with Gasteiger partial charge in [-0.2, -0.15) is 0 Å². The van der Waals surface area contributed by atoms with Crippen LogP contribution in [0.1, 0.15) is 11.1 Å². The smallest absolute Gasteiger partial charge is 0.130 e. The summed E-state index contributed by atoms with van der Waals surface area (Å²) in [5.41, 5.74) is 3.35. The van der Waals surface area contributed by atoms with Crippen LogP contribution in [0, 0.1) is 6.92 Å². The number of fused-ring (bicyclic) bond motifs is 1. The van der Waals surface area contributed by atoms with E-state index in [2.05, 4.69) is 39.1 Å². The minimum absolute atomic E-state index is 0.557. The Morgan fingerprint density at radius 2 is 2.14 bits per heavy atom. The number of aryl methyl sites for hydroxylation is 1. The maximum absolute atomic E-state index is 5.90. The average Bonchev–Trinajstić information content (AvgIpc) is 2.16. The molecule has 0 atom stereocenters. The van der Waals surface area contributed by atoms with Crippen molar-refractivity contribution < 1.29 is 0 Å². The van der Waals surface area contributed by atoms with Gasteiger partial charge in [-0.15, -0.1) is 0 Å². The Hall–Kier alpha value is -0.600. The van der Waals surface area contributed by atoms with Crippen LogP contribution >= 0.6 is 27.5 Å². The molecule has 0 unspecified atom stereocenters. The molecule has 0 saturated carbocycles. The predicted octanol–water partition coefficient (Wildman–Crippen LogP) is 4.09. The number of rotatable bonds is 1. The van der Waals surface area contributed by atoms with Crippen LogP contribution in [0.15, 0.2) is 24.3 Å². The largest absolute Gasteiger partial charge is 0.236 e. The van der Waals surface area contributed by atoms with Crippen LogP contribution in [0.5, 0.6) is 0 Å². The van der Waals surface area contributed by atoms with Gasteiger partial charge >= 0.3 is 0 Å². The first-order chi connectivity index (χ1) is 6.70. The molecule has 2 rings (SSSR count). The Bertz CT molecular complexity index is 482. The summed E-state index contributed by atoms with van der Waals surface area (Å²) in [5, 5.41) is 2.57. The van der Waals surface area contributed by atoms with Gasteiger partial charge in [-0.1, -0.05) is 39.7 Å². The highest BCUT2D eigenvalue weighted by atomic mass is 79.9. The summed E-state index contributed by atoms with van der Waals surface area (Å²) in [7, 11) is 0. The van der Waals surface area contributed by atoms with Gasteiger partial charge in [0.15, 0.2) is 0 Å². The highest BCUT2D eigenvalue weighted by Gasteiger charge is 2.01. The predicted molar refractivity (Wildman–Crippen MR) is 64.1 cm³/mol. The number of nitrogens with zero attached hydrogens (tertiary/aromatic N) is 1. The van der Waals surface area contributed by atoms with E-state index in [4.69, 9.17) is 11.6 Å². The quantitative estimate of drug-likeness (QED) is 0.562. The second kappa shape index (κ2) is 3.87. The van der Waals surface area contributed by atoms with E-state index in [1.54, 1.807) is 0 Å². The number of halogens is 2. The van der Waals surface area contributed by atoms with Crippen molar-refractivity contribution in [3.05, 3.63) is 40.5 Å². The van der Waals surface area contributed by atoms with E-state index >= 15 is 0 Å². The van der Waals surface area contributed by atoms with Crippen molar-refractivity contribution in [1.82, 2.24) is 4.98 Å². The van der Waals surface area contributed by atoms with Gasteiger partial charge in [-0.25, -0.2) is 4.98 Å². The SMILES string of the molecule is Cc1cc(Cl)nc2cc(CBr)ccc12. The Kier molecular flexibility index (Phi) is 2.75. The molecule has 3 heteroatoms. The molecule has 0 fully saturated rings. The zero-order valence-corrected chi connectivity index (χ0v) is 10.1. The number of alkyl halides is 1. The van der Waals surface area contributed by atoms with Crippen molar-refractivity contribution >= 4 is 38.4 Å². The van der Waals surface area contributed by atoms with Gasteiger partial charge in [0.05, 0.1) is 5.52 Å². The Balaban J connectivity index is 2.75. The van der Waals surface area contributed by atoms with Crippen LogP contribution in [0.3, 0.4) is 0 Å². The number of aromatic nitrogens is 1. The lowest BCUT2D eigenvalue weighted by Gasteiger charge is -2.03. The number of hydrogen-bond donors (Lipinski definition) is 0. The van der Waals surface area contributed by atoms with Crippen LogP contribution in [0.25, 0.3) is 10.9 Å². The molecule has 14 heavy (non-hydrogen) atoms. The molecule has 0 spiro atoms. The molecule has 0 amide bonds. The number of hydrogen-bond acceptors (Lipinski definition) is 1. The lowest BCUT2D eigenvalue weighted by molar-refractivity contribution is 1.34. The van der Waals surface area contributed by atoms with Crippen LogP contribution in [0.2, 0.25) is 5.15 Å². The summed E-state index contributed by atoms with van der Waals surface area (Å²) in [6, 6.07) is 8.13. The fraction of sp³-hybridized carbons (Fsp3) is 0.182. The Morgan fingerprint density at radius 3 is 2.86 bits per heavy atom.